The molecule has 0 heterocycles. The first-order chi connectivity index (χ1) is 7.95. The molecule has 0 nitrogen and oxygen atoms in total. The summed E-state index contributed by atoms with van der Waals surface area (Å²) >= 11 is 0. The van der Waals surface area contributed by atoms with Crippen LogP contribution >= 0.6 is 8.58 Å². The molecule has 0 amide bonds. The van der Waals surface area contributed by atoms with Gasteiger partial charge in [-0.25, -0.2) is 0 Å². The van der Waals surface area contributed by atoms with Crippen LogP contribution < -0.4 is 0 Å². The van der Waals surface area contributed by atoms with Crippen molar-refractivity contribution in [2.24, 2.45) is 0 Å². The van der Waals surface area contributed by atoms with E-state index in [-0.39, 0.29) is 0 Å². The van der Waals surface area contributed by atoms with Crippen LogP contribution in [-0.4, -0.2) is 11.3 Å². The molecular weight excluding hydrogens is 211 g/mol. The lowest BCUT2D eigenvalue weighted by Gasteiger charge is -2.24. The highest BCUT2D eigenvalue weighted by Crippen LogP contribution is 2.40. The summed E-state index contributed by atoms with van der Waals surface area (Å²) in [6, 6.07) is 0. The van der Waals surface area contributed by atoms with Crippen molar-refractivity contribution in [1.29, 1.82) is 0 Å². The molecule has 0 aromatic rings. The van der Waals surface area contributed by atoms with Crippen LogP contribution in [0.4, 0.5) is 0 Å². The second-order valence-electron chi connectivity index (χ2n) is 5.90. The van der Waals surface area contributed by atoms with Crippen LogP contribution in [0.25, 0.3) is 0 Å². The topological polar surface area (TPSA) is 0 Å². The number of hydrogen-bond donors (Lipinski definition) is 0. The van der Waals surface area contributed by atoms with Crippen LogP contribution in [0, 0.1) is 0 Å². The third-order valence-corrected chi connectivity index (χ3v) is 6.53. The summed E-state index contributed by atoms with van der Waals surface area (Å²) in [6.07, 6.45) is 20.0. The van der Waals surface area contributed by atoms with Crippen LogP contribution in [0.3, 0.4) is 0 Å². The Bertz CT molecular complexity index is 162. The molecule has 1 atom stereocenters. The fourth-order valence-corrected chi connectivity index (χ4v) is 5.55. The third-order valence-electron chi connectivity index (χ3n) is 4.43. The van der Waals surface area contributed by atoms with Gasteiger partial charge >= 0.3 is 0 Å². The molecule has 16 heavy (non-hydrogen) atoms. The number of hydrogen-bond acceptors (Lipinski definition) is 0. The Balaban J connectivity index is 1.72. The molecule has 2 aliphatic carbocycles. The van der Waals surface area contributed by atoms with Gasteiger partial charge in [0.2, 0.25) is 0 Å². The minimum atomic E-state index is 1.13. The molecule has 0 saturated heterocycles. The van der Waals surface area contributed by atoms with Crippen LogP contribution in [0.5, 0.6) is 0 Å². The maximum atomic E-state index is 1.56. The molecule has 2 rings (SSSR count). The molecule has 0 radical (unpaired) electrons. The fraction of sp³-hybridized carbons (Fsp3) is 1.00. The fourth-order valence-electron chi connectivity index (χ4n) is 3.40. The van der Waals surface area contributed by atoms with Gasteiger partial charge in [0.25, 0.3) is 0 Å². The standard InChI is InChI=1S/C15H29P/c1-2-6-10-14(11-7-3-1)16-15-12-8-4-5-9-13-15/h14-16H,1-13H2. The summed E-state index contributed by atoms with van der Waals surface area (Å²) < 4.78 is 0. The second-order valence-corrected chi connectivity index (χ2v) is 7.86. The van der Waals surface area contributed by atoms with Crippen molar-refractivity contribution in [2.75, 3.05) is 0 Å². The smallest absolute Gasteiger partial charge is 0.0234 e. The quantitative estimate of drug-likeness (QED) is 0.441. The summed E-state index contributed by atoms with van der Waals surface area (Å²) in [5.41, 5.74) is 2.26. The molecule has 0 spiro atoms. The van der Waals surface area contributed by atoms with Gasteiger partial charge in [-0.15, -0.1) is 8.58 Å². The van der Waals surface area contributed by atoms with Gasteiger partial charge in [-0.3, -0.25) is 0 Å². The molecule has 94 valence electrons. The molecule has 0 bridgehead atoms. The van der Waals surface area contributed by atoms with E-state index in [1.54, 1.807) is 25.7 Å². The Morgan fingerprint density at radius 1 is 0.438 bits per heavy atom. The van der Waals surface area contributed by atoms with Crippen molar-refractivity contribution >= 4 is 8.58 Å². The van der Waals surface area contributed by atoms with Crippen LogP contribution in [0.2, 0.25) is 0 Å². The maximum absolute atomic E-state index is 1.56. The van der Waals surface area contributed by atoms with Gasteiger partial charge in [0.1, 0.15) is 0 Å². The summed E-state index contributed by atoms with van der Waals surface area (Å²) in [6.45, 7) is 0. The van der Waals surface area contributed by atoms with Crippen molar-refractivity contribution in [2.45, 2.75) is 94.8 Å². The first kappa shape index (κ1) is 12.9. The van der Waals surface area contributed by atoms with E-state index in [2.05, 4.69) is 0 Å². The Morgan fingerprint density at radius 2 is 0.750 bits per heavy atom. The third kappa shape index (κ3) is 4.74. The van der Waals surface area contributed by atoms with E-state index < -0.39 is 0 Å². The van der Waals surface area contributed by atoms with E-state index in [4.69, 9.17) is 0 Å². The van der Waals surface area contributed by atoms with Crippen molar-refractivity contribution < 1.29 is 0 Å². The van der Waals surface area contributed by atoms with Gasteiger partial charge in [-0.1, -0.05) is 57.8 Å². The van der Waals surface area contributed by atoms with E-state index in [1.165, 1.54) is 66.4 Å². The zero-order valence-electron chi connectivity index (χ0n) is 10.8. The minimum Gasteiger partial charge on any atom is -0.116 e. The zero-order valence-corrected chi connectivity index (χ0v) is 11.8. The molecule has 2 fully saturated rings. The molecule has 2 saturated carbocycles. The molecular formula is C15H29P. The maximum Gasteiger partial charge on any atom is -0.0234 e. The predicted octanol–water partition coefficient (Wildman–Crippen LogP) is 5.50. The molecule has 1 unspecified atom stereocenters. The summed E-state index contributed by atoms with van der Waals surface area (Å²) in [4.78, 5) is 0. The molecule has 0 N–H and O–H groups in total. The Hall–Kier alpha value is 0.430. The van der Waals surface area contributed by atoms with Crippen molar-refractivity contribution in [3.8, 4) is 0 Å². The molecule has 2 aliphatic rings. The highest BCUT2D eigenvalue weighted by molar-refractivity contribution is 7.39. The Morgan fingerprint density at radius 3 is 1.12 bits per heavy atom. The minimum absolute atomic E-state index is 1.13. The van der Waals surface area contributed by atoms with Gasteiger partial charge < -0.3 is 0 Å². The predicted molar refractivity (Wildman–Crippen MR) is 75.9 cm³/mol. The molecule has 1 heteroatoms. The summed E-state index contributed by atoms with van der Waals surface area (Å²) in [5.74, 6) is 0. The van der Waals surface area contributed by atoms with Crippen LogP contribution in [0.15, 0.2) is 0 Å². The molecule has 0 aromatic carbocycles. The lowest BCUT2D eigenvalue weighted by Crippen LogP contribution is -2.10. The van der Waals surface area contributed by atoms with E-state index >= 15 is 0 Å². The average molecular weight is 240 g/mol. The summed E-state index contributed by atoms with van der Waals surface area (Å²) in [7, 11) is 1.32. The van der Waals surface area contributed by atoms with E-state index in [1.807, 2.05) is 0 Å². The number of rotatable bonds is 2. The first-order valence-corrected chi connectivity index (χ1v) is 8.87. The highest BCUT2D eigenvalue weighted by Gasteiger charge is 2.18. The summed E-state index contributed by atoms with van der Waals surface area (Å²) in [5, 5.41) is 0. The van der Waals surface area contributed by atoms with Crippen LogP contribution in [0.1, 0.15) is 83.5 Å². The van der Waals surface area contributed by atoms with Gasteiger partial charge in [-0.05, 0) is 37.0 Å². The Labute approximate surface area is 104 Å². The molecule has 0 aliphatic heterocycles. The van der Waals surface area contributed by atoms with Gasteiger partial charge in [0.15, 0.2) is 0 Å². The largest absolute Gasteiger partial charge is 0.116 e. The lowest BCUT2D eigenvalue weighted by atomic mass is 10.0. The average Bonchev–Trinajstić information content (AvgIpc) is 2.50. The van der Waals surface area contributed by atoms with Gasteiger partial charge in [0.05, 0.1) is 0 Å². The second kappa shape index (κ2) is 7.70. The molecule has 0 aromatic heterocycles. The van der Waals surface area contributed by atoms with E-state index in [0.29, 0.717) is 0 Å². The van der Waals surface area contributed by atoms with Crippen molar-refractivity contribution in [3.05, 3.63) is 0 Å². The Kier molecular flexibility index (Phi) is 6.19. The highest BCUT2D eigenvalue weighted by atomic mass is 31.1. The van der Waals surface area contributed by atoms with E-state index in [9.17, 15) is 0 Å². The van der Waals surface area contributed by atoms with E-state index in [0.717, 1.165) is 11.3 Å². The van der Waals surface area contributed by atoms with Crippen LogP contribution in [-0.2, 0) is 0 Å². The monoisotopic (exact) mass is 240 g/mol. The zero-order chi connectivity index (χ0) is 11.1. The first-order valence-electron chi connectivity index (χ1n) is 7.71. The van der Waals surface area contributed by atoms with Crippen molar-refractivity contribution in [1.82, 2.24) is 0 Å². The lowest BCUT2D eigenvalue weighted by molar-refractivity contribution is 0.508. The van der Waals surface area contributed by atoms with Gasteiger partial charge in [-0.2, -0.15) is 0 Å². The van der Waals surface area contributed by atoms with Crippen molar-refractivity contribution in [3.63, 3.8) is 0 Å². The normalized spacial score (nSPS) is 27.8. The SMILES string of the molecule is C1CCCC(PC2CCCCCC2)CCC1. The van der Waals surface area contributed by atoms with Gasteiger partial charge in [0, 0.05) is 0 Å².